The van der Waals surface area contributed by atoms with Crippen molar-refractivity contribution in [2.75, 3.05) is 5.32 Å². The van der Waals surface area contributed by atoms with Crippen LogP contribution in [0.1, 0.15) is 15.2 Å². The standard InChI is InChI=1S/C13H11NO4S/c15-8-3-4-11(10(6-8)13(17)18)14-12(16)7-9-2-1-5-19-9/h1-6,15H,7H2,(H,14,16)(H,17,18). The molecule has 2 aromatic rings. The second-order valence-corrected chi connectivity index (χ2v) is 4.87. The van der Waals surface area contributed by atoms with Gasteiger partial charge in [-0.25, -0.2) is 4.79 Å². The first-order valence-corrected chi connectivity index (χ1v) is 6.33. The Morgan fingerprint density at radius 3 is 2.68 bits per heavy atom. The molecule has 0 aliphatic carbocycles. The zero-order chi connectivity index (χ0) is 13.8. The number of amides is 1. The third-order valence-electron chi connectivity index (χ3n) is 2.42. The Bertz CT molecular complexity index is 607. The molecule has 0 atom stereocenters. The number of hydrogen-bond acceptors (Lipinski definition) is 4. The number of benzene rings is 1. The van der Waals surface area contributed by atoms with E-state index < -0.39 is 5.97 Å². The smallest absolute Gasteiger partial charge is 0.337 e. The number of rotatable bonds is 4. The molecule has 5 nitrogen and oxygen atoms in total. The molecule has 0 saturated carbocycles. The van der Waals surface area contributed by atoms with E-state index in [1.807, 2.05) is 17.5 Å². The molecule has 1 heterocycles. The summed E-state index contributed by atoms with van der Waals surface area (Å²) in [6, 6.07) is 7.47. The zero-order valence-electron chi connectivity index (χ0n) is 9.79. The highest BCUT2D eigenvalue weighted by Gasteiger charge is 2.13. The molecule has 0 radical (unpaired) electrons. The highest BCUT2D eigenvalue weighted by atomic mass is 32.1. The van der Waals surface area contributed by atoms with Crippen molar-refractivity contribution in [3.8, 4) is 5.75 Å². The summed E-state index contributed by atoms with van der Waals surface area (Å²) in [5, 5.41) is 22.7. The molecule has 0 saturated heterocycles. The lowest BCUT2D eigenvalue weighted by molar-refractivity contribution is -0.115. The lowest BCUT2D eigenvalue weighted by atomic mass is 10.1. The van der Waals surface area contributed by atoms with Gasteiger partial charge < -0.3 is 15.5 Å². The van der Waals surface area contributed by atoms with E-state index in [0.29, 0.717) is 0 Å². The van der Waals surface area contributed by atoms with Crippen LogP contribution in [0.15, 0.2) is 35.7 Å². The van der Waals surface area contributed by atoms with E-state index in [-0.39, 0.29) is 29.3 Å². The highest BCUT2D eigenvalue weighted by molar-refractivity contribution is 7.10. The van der Waals surface area contributed by atoms with Crippen LogP contribution in [0.5, 0.6) is 5.75 Å². The summed E-state index contributed by atoms with van der Waals surface area (Å²) in [4.78, 5) is 23.7. The number of carbonyl (C=O) groups is 2. The first kappa shape index (κ1) is 13.1. The minimum absolute atomic E-state index is 0.139. The van der Waals surface area contributed by atoms with Crippen LogP contribution in [0.2, 0.25) is 0 Å². The van der Waals surface area contributed by atoms with Crippen molar-refractivity contribution in [2.45, 2.75) is 6.42 Å². The van der Waals surface area contributed by atoms with Crippen molar-refractivity contribution in [1.82, 2.24) is 0 Å². The molecule has 3 N–H and O–H groups in total. The highest BCUT2D eigenvalue weighted by Crippen LogP contribution is 2.21. The number of phenolic OH excluding ortho intramolecular Hbond substituents is 1. The molecule has 98 valence electrons. The predicted octanol–water partition coefficient (Wildman–Crippen LogP) is 2.33. The van der Waals surface area contributed by atoms with Gasteiger partial charge in [0, 0.05) is 4.88 Å². The van der Waals surface area contributed by atoms with E-state index in [1.54, 1.807) is 0 Å². The molecule has 0 aliphatic rings. The summed E-state index contributed by atoms with van der Waals surface area (Å²) < 4.78 is 0. The number of nitrogens with one attached hydrogen (secondary N) is 1. The van der Waals surface area contributed by atoms with E-state index in [2.05, 4.69) is 5.32 Å². The summed E-state index contributed by atoms with van der Waals surface area (Å²) >= 11 is 1.46. The number of thiophene rings is 1. The van der Waals surface area contributed by atoms with E-state index in [4.69, 9.17) is 5.11 Å². The summed E-state index contributed by atoms with van der Waals surface area (Å²) in [5.41, 5.74) is 0.0337. The molecule has 6 heteroatoms. The van der Waals surface area contributed by atoms with Gasteiger partial charge in [0.15, 0.2) is 0 Å². The van der Waals surface area contributed by atoms with Gasteiger partial charge in [0.2, 0.25) is 5.91 Å². The monoisotopic (exact) mass is 277 g/mol. The molecule has 0 bridgehead atoms. The van der Waals surface area contributed by atoms with Gasteiger partial charge in [0.05, 0.1) is 17.7 Å². The molecule has 0 aliphatic heterocycles. The van der Waals surface area contributed by atoms with Crippen LogP contribution >= 0.6 is 11.3 Å². The molecule has 1 aromatic carbocycles. The molecule has 1 amide bonds. The van der Waals surface area contributed by atoms with Gasteiger partial charge in [-0.05, 0) is 29.6 Å². The van der Waals surface area contributed by atoms with Gasteiger partial charge in [-0.1, -0.05) is 6.07 Å². The molecular weight excluding hydrogens is 266 g/mol. The summed E-state index contributed by atoms with van der Waals surface area (Å²) in [5.74, 6) is -1.66. The van der Waals surface area contributed by atoms with E-state index in [9.17, 15) is 14.7 Å². The molecule has 0 unspecified atom stereocenters. The van der Waals surface area contributed by atoms with Crippen LogP contribution < -0.4 is 5.32 Å². The van der Waals surface area contributed by atoms with Crippen molar-refractivity contribution < 1.29 is 19.8 Å². The fourth-order valence-corrected chi connectivity index (χ4v) is 2.29. The van der Waals surface area contributed by atoms with Crippen molar-refractivity contribution >= 4 is 28.9 Å². The van der Waals surface area contributed by atoms with Crippen LogP contribution in [0.3, 0.4) is 0 Å². The Hall–Kier alpha value is -2.34. The third-order valence-corrected chi connectivity index (χ3v) is 3.30. The first-order valence-electron chi connectivity index (χ1n) is 5.45. The van der Waals surface area contributed by atoms with Gasteiger partial charge in [0.25, 0.3) is 0 Å². The predicted molar refractivity (Wildman–Crippen MR) is 71.7 cm³/mol. The number of carbonyl (C=O) groups excluding carboxylic acids is 1. The number of anilines is 1. The quantitative estimate of drug-likeness (QED) is 0.749. The summed E-state index contributed by atoms with van der Waals surface area (Å²) in [6.45, 7) is 0. The van der Waals surface area contributed by atoms with Gasteiger partial charge in [-0.15, -0.1) is 11.3 Å². The minimum Gasteiger partial charge on any atom is -0.508 e. The molecule has 0 fully saturated rings. The Labute approximate surface area is 113 Å². The number of aromatic carboxylic acids is 1. The van der Waals surface area contributed by atoms with Gasteiger partial charge in [-0.2, -0.15) is 0 Å². The van der Waals surface area contributed by atoms with Gasteiger partial charge >= 0.3 is 5.97 Å². The fraction of sp³-hybridized carbons (Fsp3) is 0.0769. The largest absolute Gasteiger partial charge is 0.508 e. The second kappa shape index (κ2) is 5.53. The third kappa shape index (κ3) is 3.32. The molecular formula is C13H11NO4S. The van der Waals surface area contributed by atoms with Crippen LogP contribution in [-0.4, -0.2) is 22.1 Å². The SMILES string of the molecule is O=C(Cc1cccs1)Nc1ccc(O)cc1C(=O)O. The maximum Gasteiger partial charge on any atom is 0.337 e. The topological polar surface area (TPSA) is 86.6 Å². The molecule has 1 aromatic heterocycles. The summed E-state index contributed by atoms with van der Waals surface area (Å²) in [7, 11) is 0. The minimum atomic E-state index is -1.21. The zero-order valence-corrected chi connectivity index (χ0v) is 10.6. The first-order chi connectivity index (χ1) is 9.06. The Balaban J connectivity index is 2.14. The second-order valence-electron chi connectivity index (χ2n) is 3.84. The van der Waals surface area contributed by atoms with Crippen LogP contribution in [0, 0.1) is 0 Å². The number of carboxylic acid groups (broad SMARTS) is 1. The lowest BCUT2D eigenvalue weighted by Gasteiger charge is -2.08. The molecule has 19 heavy (non-hydrogen) atoms. The van der Waals surface area contributed by atoms with E-state index in [1.165, 1.54) is 23.5 Å². The fourth-order valence-electron chi connectivity index (χ4n) is 1.58. The van der Waals surface area contributed by atoms with Crippen LogP contribution in [-0.2, 0) is 11.2 Å². The van der Waals surface area contributed by atoms with Crippen molar-refractivity contribution in [1.29, 1.82) is 0 Å². The maximum absolute atomic E-state index is 11.8. The normalized spacial score (nSPS) is 10.1. The van der Waals surface area contributed by atoms with E-state index >= 15 is 0 Å². The van der Waals surface area contributed by atoms with Crippen molar-refractivity contribution in [2.24, 2.45) is 0 Å². The Morgan fingerprint density at radius 1 is 1.26 bits per heavy atom. The van der Waals surface area contributed by atoms with Gasteiger partial charge in [-0.3, -0.25) is 4.79 Å². The van der Waals surface area contributed by atoms with Crippen LogP contribution in [0.25, 0.3) is 0 Å². The Kier molecular flexibility index (Phi) is 3.82. The van der Waals surface area contributed by atoms with Gasteiger partial charge in [0.1, 0.15) is 5.75 Å². The van der Waals surface area contributed by atoms with Crippen LogP contribution in [0.4, 0.5) is 5.69 Å². The number of hydrogen-bond donors (Lipinski definition) is 3. The lowest BCUT2D eigenvalue weighted by Crippen LogP contribution is -2.16. The van der Waals surface area contributed by atoms with Crippen molar-refractivity contribution in [3.63, 3.8) is 0 Å². The number of carboxylic acids is 1. The molecule has 0 spiro atoms. The average Bonchev–Trinajstić information content (AvgIpc) is 2.83. The number of aromatic hydroxyl groups is 1. The Morgan fingerprint density at radius 2 is 2.05 bits per heavy atom. The van der Waals surface area contributed by atoms with Crippen molar-refractivity contribution in [3.05, 3.63) is 46.2 Å². The average molecular weight is 277 g/mol. The molecule has 2 rings (SSSR count). The number of phenols is 1. The van der Waals surface area contributed by atoms with E-state index in [0.717, 1.165) is 10.9 Å². The maximum atomic E-state index is 11.8. The summed E-state index contributed by atoms with van der Waals surface area (Å²) in [6.07, 6.45) is 0.192.